The topological polar surface area (TPSA) is 87.8 Å². The SMILES string of the molecule is CCNC(=O)c1ccc(N2CC(C)OC(CO)C2)c(N)c1. The summed E-state index contributed by atoms with van der Waals surface area (Å²) in [7, 11) is 0. The van der Waals surface area contributed by atoms with E-state index in [9.17, 15) is 9.90 Å². The van der Waals surface area contributed by atoms with Crippen molar-refractivity contribution < 1.29 is 14.6 Å². The third kappa shape index (κ3) is 3.65. The summed E-state index contributed by atoms with van der Waals surface area (Å²) in [6.45, 7) is 5.71. The van der Waals surface area contributed by atoms with Gasteiger partial charge >= 0.3 is 0 Å². The van der Waals surface area contributed by atoms with Gasteiger partial charge in [0.15, 0.2) is 0 Å². The average Bonchev–Trinajstić information content (AvgIpc) is 2.46. The molecule has 6 nitrogen and oxygen atoms in total. The molecular weight excluding hydrogens is 270 g/mol. The first-order chi connectivity index (χ1) is 10.0. The Kier molecular flexibility index (Phi) is 5.03. The molecule has 1 aliphatic rings. The maximum atomic E-state index is 11.8. The molecule has 6 heteroatoms. The molecule has 2 unspecified atom stereocenters. The van der Waals surface area contributed by atoms with Gasteiger partial charge in [0.2, 0.25) is 0 Å². The van der Waals surface area contributed by atoms with Crippen LogP contribution in [0.15, 0.2) is 18.2 Å². The van der Waals surface area contributed by atoms with E-state index in [1.165, 1.54) is 0 Å². The molecule has 0 aliphatic carbocycles. The van der Waals surface area contributed by atoms with Crippen LogP contribution in [-0.2, 0) is 4.74 Å². The number of rotatable bonds is 4. The van der Waals surface area contributed by atoms with Crippen LogP contribution in [0.1, 0.15) is 24.2 Å². The summed E-state index contributed by atoms with van der Waals surface area (Å²) in [4.78, 5) is 13.9. The molecule has 2 rings (SSSR count). The van der Waals surface area contributed by atoms with Crippen molar-refractivity contribution in [3.63, 3.8) is 0 Å². The van der Waals surface area contributed by atoms with Gasteiger partial charge in [0.1, 0.15) is 0 Å². The Morgan fingerprint density at radius 3 is 2.90 bits per heavy atom. The van der Waals surface area contributed by atoms with Crippen molar-refractivity contribution in [2.45, 2.75) is 26.1 Å². The first-order valence-electron chi connectivity index (χ1n) is 7.24. The molecule has 1 saturated heterocycles. The van der Waals surface area contributed by atoms with Crippen LogP contribution in [0.2, 0.25) is 0 Å². The second-order valence-corrected chi connectivity index (χ2v) is 5.29. The number of amides is 1. The molecule has 1 fully saturated rings. The highest BCUT2D eigenvalue weighted by Gasteiger charge is 2.26. The summed E-state index contributed by atoms with van der Waals surface area (Å²) in [6.07, 6.45) is -0.186. The van der Waals surface area contributed by atoms with Crippen LogP contribution in [0.4, 0.5) is 11.4 Å². The molecule has 0 aromatic heterocycles. The molecule has 1 aromatic carbocycles. The van der Waals surface area contributed by atoms with Crippen LogP contribution in [-0.4, -0.2) is 49.5 Å². The van der Waals surface area contributed by atoms with Gasteiger partial charge in [0.25, 0.3) is 5.91 Å². The number of nitrogens with zero attached hydrogens (tertiary/aromatic N) is 1. The van der Waals surface area contributed by atoms with Crippen LogP contribution in [0, 0.1) is 0 Å². The standard InChI is InChI=1S/C15H23N3O3/c1-3-17-15(20)11-4-5-14(13(16)6-11)18-7-10(2)21-12(8-18)9-19/h4-6,10,12,19H,3,7-9,16H2,1-2H3,(H,17,20). The molecule has 116 valence electrons. The van der Waals surface area contributed by atoms with E-state index in [4.69, 9.17) is 10.5 Å². The molecule has 0 bridgehead atoms. The van der Waals surface area contributed by atoms with Crippen molar-refractivity contribution >= 4 is 17.3 Å². The van der Waals surface area contributed by atoms with E-state index >= 15 is 0 Å². The number of benzene rings is 1. The lowest BCUT2D eigenvalue weighted by atomic mass is 10.1. The highest BCUT2D eigenvalue weighted by atomic mass is 16.5. The lowest BCUT2D eigenvalue weighted by molar-refractivity contribution is -0.0420. The van der Waals surface area contributed by atoms with E-state index in [1.54, 1.807) is 12.1 Å². The van der Waals surface area contributed by atoms with Gasteiger partial charge in [-0.05, 0) is 32.0 Å². The Labute approximate surface area is 124 Å². The molecule has 21 heavy (non-hydrogen) atoms. The van der Waals surface area contributed by atoms with Gasteiger partial charge in [-0.15, -0.1) is 0 Å². The Morgan fingerprint density at radius 1 is 1.52 bits per heavy atom. The molecule has 2 atom stereocenters. The Morgan fingerprint density at radius 2 is 2.29 bits per heavy atom. The first kappa shape index (κ1) is 15.6. The Hall–Kier alpha value is -1.79. The fourth-order valence-electron chi connectivity index (χ4n) is 2.59. The van der Waals surface area contributed by atoms with E-state index in [0.717, 1.165) is 5.69 Å². The van der Waals surface area contributed by atoms with Gasteiger partial charge in [0, 0.05) is 25.2 Å². The predicted octanol–water partition coefficient (Wildman–Crippen LogP) is 0.605. The monoisotopic (exact) mass is 293 g/mol. The molecule has 1 heterocycles. The van der Waals surface area contributed by atoms with Gasteiger partial charge in [-0.2, -0.15) is 0 Å². The first-order valence-corrected chi connectivity index (χ1v) is 7.24. The second kappa shape index (κ2) is 6.78. The molecular formula is C15H23N3O3. The number of carbonyl (C=O) groups excluding carboxylic acids is 1. The minimum atomic E-state index is -0.212. The summed E-state index contributed by atoms with van der Waals surface area (Å²) in [5, 5.41) is 12.0. The number of aliphatic hydroxyl groups is 1. The van der Waals surface area contributed by atoms with Gasteiger partial charge in [-0.3, -0.25) is 4.79 Å². The van der Waals surface area contributed by atoms with E-state index < -0.39 is 0 Å². The van der Waals surface area contributed by atoms with Gasteiger partial charge in [-0.1, -0.05) is 0 Å². The summed E-state index contributed by atoms with van der Waals surface area (Å²) >= 11 is 0. The van der Waals surface area contributed by atoms with E-state index in [2.05, 4.69) is 10.2 Å². The second-order valence-electron chi connectivity index (χ2n) is 5.29. The highest BCUT2D eigenvalue weighted by molar-refractivity contribution is 5.96. The third-order valence-corrected chi connectivity index (χ3v) is 3.50. The van der Waals surface area contributed by atoms with Crippen LogP contribution in [0.25, 0.3) is 0 Å². The van der Waals surface area contributed by atoms with E-state index in [0.29, 0.717) is 30.9 Å². The minimum absolute atomic E-state index is 0.0161. The number of aliphatic hydroxyl groups excluding tert-OH is 1. The average molecular weight is 293 g/mol. The minimum Gasteiger partial charge on any atom is -0.397 e. The largest absolute Gasteiger partial charge is 0.397 e. The molecule has 0 saturated carbocycles. The lowest BCUT2D eigenvalue weighted by Gasteiger charge is -2.38. The molecule has 1 aliphatic heterocycles. The Balaban J connectivity index is 2.18. The van der Waals surface area contributed by atoms with Crippen LogP contribution < -0.4 is 16.0 Å². The Bertz CT molecular complexity index is 507. The zero-order chi connectivity index (χ0) is 15.4. The molecule has 1 aromatic rings. The number of carbonyl (C=O) groups is 1. The van der Waals surface area contributed by atoms with Crippen molar-refractivity contribution in [3.05, 3.63) is 23.8 Å². The normalized spacial score (nSPS) is 22.1. The van der Waals surface area contributed by atoms with Crippen LogP contribution >= 0.6 is 0 Å². The van der Waals surface area contributed by atoms with Gasteiger partial charge in [0.05, 0.1) is 30.2 Å². The van der Waals surface area contributed by atoms with Crippen molar-refractivity contribution in [1.82, 2.24) is 5.32 Å². The summed E-state index contributed by atoms with van der Waals surface area (Å²) < 4.78 is 5.62. The summed E-state index contributed by atoms with van der Waals surface area (Å²) in [5.74, 6) is -0.126. The number of nitrogens with one attached hydrogen (secondary N) is 1. The fraction of sp³-hybridized carbons (Fsp3) is 0.533. The molecule has 1 amide bonds. The number of nitrogen functional groups attached to an aromatic ring is 1. The predicted molar refractivity (Wildman–Crippen MR) is 82.5 cm³/mol. The lowest BCUT2D eigenvalue weighted by Crippen LogP contribution is -2.48. The quantitative estimate of drug-likeness (QED) is 0.708. The van der Waals surface area contributed by atoms with Crippen molar-refractivity contribution in [3.8, 4) is 0 Å². The number of ether oxygens (including phenoxy) is 1. The maximum Gasteiger partial charge on any atom is 0.251 e. The van der Waals surface area contributed by atoms with Gasteiger partial charge < -0.3 is 25.8 Å². The third-order valence-electron chi connectivity index (χ3n) is 3.50. The van der Waals surface area contributed by atoms with Crippen molar-refractivity contribution in [1.29, 1.82) is 0 Å². The summed E-state index contributed by atoms with van der Waals surface area (Å²) in [6, 6.07) is 5.31. The molecule has 0 radical (unpaired) electrons. The zero-order valence-corrected chi connectivity index (χ0v) is 12.5. The van der Waals surface area contributed by atoms with E-state index in [1.807, 2.05) is 19.9 Å². The summed E-state index contributed by atoms with van der Waals surface area (Å²) in [5.41, 5.74) is 8.08. The molecule has 0 spiro atoms. The zero-order valence-electron chi connectivity index (χ0n) is 12.5. The van der Waals surface area contributed by atoms with Gasteiger partial charge in [-0.25, -0.2) is 0 Å². The number of hydrogen-bond donors (Lipinski definition) is 3. The molecule has 4 N–H and O–H groups in total. The van der Waals surface area contributed by atoms with Crippen LogP contribution in [0.5, 0.6) is 0 Å². The van der Waals surface area contributed by atoms with E-state index in [-0.39, 0.29) is 24.7 Å². The maximum absolute atomic E-state index is 11.8. The van der Waals surface area contributed by atoms with Crippen molar-refractivity contribution in [2.24, 2.45) is 0 Å². The fourth-order valence-corrected chi connectivity index (χ4v) is 2.59. The number of hydrogen-bond acceptors (Lipinski definition) is 5. The number of morpholine rings is 1. The smallest absolute Gasteiger partial charge is 0.251 e. The number of nitrogens with two attached hydrogens (primary N) is 1. The van der Waals surface area contributed by atoms with Crippen molar-refractivity contribution in [2.75, 3.05) is 36.9 Å². The highest BCUT2D eigenvalue weighted by Crippen LogP contribution is 2.27. The number of anilines is 2. The van der Waals surface area contributed by atoms with Crippen LogP contribution in [0.3, 0.4) is 0 Å².